The molecule has 114 valence electrons. The smallest absolute Gasteiger partial charge is 0.135 e. The van der Waals surface area contributed by atoms with Gasteiger partial charge in [-0.15, -0.1) is 0 Å². The molecule has 21 heavy (non-hydrogen) atoms. The quantitative estimate of drug-likeness (QED) is 0.781. The second kappa shape index (κ2) is 6.40. The van der Waals surface area contributed by atoms with Gasteiger partial charge in [-0.05, 0) is 58.7 Å². The van der Waals surface area contributed by atoms with Crippen molar-refractivity contribution >= 4 is 37.5 Å². The van der Waals surface area contributed by atoms with Gasteiger partial charge in [0.1, 0.15) is 5.75 Å². The van der Waals surface area contributed by atoms with E-state index in [1.165, 1.54) is 11.3 Å². The Labute approximate surface area is 142 Å². The SMILES string of the molecule is COc1cc(NC(C)c2c(C)nn(C)c2C)c(Br)cc1Br. The maximum Gasteiger partial charge on any atom is 0.135 e. The summed E-state index contributed by atoms with van der Waals surface area (Å²) in [6.45, 7) is 6.26. The van der Waals surface area contributed by atoms with Crippen LogP contribution in [0.3, 0.4) is 0 Å². The van der Waals surface area contributed by atoms with Crippen LogP contribution in [0.15, 0.2) is 21.1 Å². The van der Waals surface area contributed by atoms with Crippen molar-refractivity contribution in [3.05, 3.63) is 38.0 Å². The molecule has 0 bridgehead atoms. The van der Waals surface area contributed by atoms with Gasteiger partial charge in [0, 0.05) is 28.8 Å². The fourth-order valence-corrected chi connectivity index (χ4v) is 3.79. The molecule has 1 heterocycles. The van der Waals surface area contributed by atoms with Gasteiger partial charge in [0.15, 0.2) is 0 Å². The van der Waals surface area contributed by atoms with Crippen molar-refractivity contribution in [1.29, 1.82) is 0 Å². The van der Waals surface area contributed by atoms with E-state index in [1.54, 1.807) is 7.11 Å². The third-order valence-corrected chi connectivity index (χ3v) is 4.89. The summed E-state index contributed by atoms with van der Waals surface area (Å²) in [4.78, 5) is 0. The van der Waals surface area contributed by atoms with E-state index in [4.69, 9.17) is 4.74 Å². The lowest BCUT2D eigenvalue weighted by Gasteiger charge is -2.18. The van der Waals surface area contributed by atoms with E-state index in [0.29, 0.717) is 0 Å². The number of ether oxygens (including phenoxy) is 1. The maximum absolute atomic E-state index is 5.36. The molecule has 0 saturated heterocycles. The Morgan fingerprint density at radius 1 is 1.24 bits per heavy atom. The zero-order valence-electron chi connectivity index (χ0n) is 12.8. The molecule has 0 spiro atoms. The van der Waals surface area contributed by atoms with Gasteiger partial charge in [0.25, 0.3) is 0 Å². The molecule has 1 N–H and O–H groups in total. The molecule has 0 aliphatic carbocycles. The van der Waals surface area contributed by atoms with Crippen molar-refractivity contribution in [2.45, 2.75) is 26.8 Å². The summed E-state index contributed by atoms with van der Waals surface area (Å²) in [7, 11) is 3.63. The standard InChI is InChI=1S/C15H19Br2N3O/c1-8(15-9(2)19-20(4)10(15)3)18-13-7-14(21-5)12(17)6-11(13)16/h6-8,18H,1-5H3. The fourth-order valence-electron chi connectivity index (χ4n) is 2.52. The molecule has 0 saturated carbocycles. The average molecular weight is 417 g/mol. The van der Waals surface area contributed by atoms with Crippen LogP contribution in [0.25, 0.3) is 0 Å². The van der Waals surface area contributed by atoms with E-state index in [1.807, 2.05) is 30.8 Å². The Kier molecular flexibility index (Phi) is 4.99. The normalized spacial score (nSPS) is 12.3. The summed E-state index contributed by atoms with van der Waals surface area (Å²) in [5.74, 6) is 0.799. The summed E-state index contributed by atoms with van der Waals surface area (Å²) in [6, 6.07) is 4.11. The number of nitrogens with zero attached hydrogens (tertiary/aromatic N) is 2. The molecule has 2 rings (SSSR count). The minimum atomic E-state index is 0.154. The van der Waals surface area contributed by atoms with Crippen LogP contribution in [-0.2, 0) is 7.05 Å². The topological polar surface area (TPSA) is 39.1 Å². The number of rotatable bonds is 4. The molecule has 0 aliphatic rings. The Bertz CT molecular complexity index is 667. The van der Waals surface area contributed by atoms with E-state index in [2.05, 4.69) is 56.1 Å². The predicted octanol–water partition coefficient (Wildman–Crippen LogP) is 4.74. The molecule has 1 unspecified atom stereocenters. The number of halogens is 2. The number of benzene rings is 1. The number of anilines is 1. The molecule has 1 aromatic carbocycles. The van der Waals surface area contributed by atoms with E-state index in [-0.39, 0.29) is 6.04 Å². The van der Waals surface area contributed by atoms with Gasteiger partial charge in [-0.25, -0.2) is 0 Å². The lowest BCUT2D eigenvalue weighted by Crippen LogP contribution is -2.09. The number of methoxy groups -OCH3 is 1. The van der Waals surface area contributed by atoms with Gasteiger partial charge in [0.05, 0.1) is 29.0 Å². The number of aromatic nitrogens is 2. The summed E-state index contributed by atoms with van der Waals surface area (Å²) in [6.07, 6.45) is 0. The van der Waals surface area contributed by atoms with Crippen LogP contribution in [0.2, 0.25) is 0 Å². The summed E-state index contributed by atoms with van der Waals surface area (Å²) >= 11 is 7.07. The maximum atomic E-state index is 5.36. The highest BCUT2D eigenvalue weighted by atomic mass is 79.9. The predicted molar refractivity (Wildman–Crippen MR) is 93.1 cm³/mol. The Hall–Kier alpha value is -1.01. The number of nitrogens with one attached hydrogen (secondary N) is 1. The summed E-state index contributed by atoms with van der Waals surface area (Å²) in [5, 5.41) is 8.00. The number of hydrogen-bond acceptors (Lipinski definition) is 3. The Balaban J connectivity index is 2.33. The van der Waals surface area contributed by atoms with E-state index >= 15 is 0 Å². The Morgan fingerprint density at radius 2 is 1.90 bits per heavy atom. The minimum absolute atomic E-state index is 0.154. The molecular formula is C15H19Br2N3O. The lowest BCUT2D eigenvalue weighted by molar-refractivity contribution is 0.412. The number of aryl methyl sites for hydroxylation is 2. The summed E-state index contributed by atoms with van der Waals surface area (Å²) in [5.41, 5.74) is 4.44. The van der Waals surface area contributed by atoms with Crippen LogP contribution < -0.4 is 10.1 Å². The second-order valence-electron chi connectivity index (χ2n) is 5.04. The van der Waals surface area contributed by atoms with Gasteiger partial charge in [-0.2, -0.15) is 5.10 Å². The highest BCUT2D eigenvalue weighted by molar-refractivity contribution is 9.11. The van der Waals surface area contributed by atoms with Gasteiger partial charge in [0.2, 0.25) is 0 Å². The molecule has 4 nitrogen and oxygen atoms in total. The van der Waals surface area contributed by atoms with Crippen molar-refractivity contribution in [2.24, 2.45) is 7.05 Å². The van der Waals surface area contributed by atoms with Gasteiger partial charge < -0.3 is 10.1 Å². The molecular weight excluding hydrogens is 398 g/mol. The second-order valence-corrected chi connectivity index (χ2v) is 6.75. The fraction of sp³-hybridized carbons (Fsp3) is 0.400. The first-order valence-corrected chi connectivity index (χ1v) is 8.23. The van der Waals surface area contributed by atoms with Crippen LogP contribution in [-0.4, -0.2) is 16.9 Å². The zero-order chi connectivity index (χ0) is 15.7. The van der Waals surface area contributed by atoms with Gasteiger partial charge in [-0.1, -0.05) is 0 Å². The third-order valence-electron chi connectivity index (χ3n) is 3.61. The monoisotopic (exact) mass is 415 g/mol. The van der Waals surface area contributed by atoms with Crippen molar-refractivity contribution in [3.8, 4) is 5.75 Å². The number of hydrogen-bond donors (Lipinski definition) is 1. The van der Waals surface area contributed by atoms with Gasteiger partial charge in [-0.3, -0.25) is 4.68 Å². The Morgan fingerprint density at radius 3 is 2.43 bits per heavy atom. The van der Waals surface area contributed by atoms with Gasteiger partial charge >= 0.3 is 0 Å². The van der Waals surface area contributed by atoms with Crippen LogP contribution in [0, 0.1) is 13.8 Å². The van der Waals surface area contributed by atoms with Crippen LogP contribution >= 0.6 is 31.9 Å². The van der Waals surface area contributed by atoms with Crippen molar-refractivity contribution in [2.75, 3.05) is 12.4 Å². The first-order valence-electron chi connectivity index (χ1n) is 6.64. The van der Waals surface area contributed by atoms with Crippen molar-refractivity contribution in [3.63, 3.8) is 0 Å². The van der Waals surface area contributed by atoms with Crippen molar-refractivity contribution in [1.82, 2.24) is 9.78 Å². The highest BCUT2D eigenvalue weighted by Gasteiger charge is 2.17. The zero-order valence-corrected chi connectivity index (χ0v) is 16.0. The van der Waals surface area contributed by atoms with Crippen LogP contribution in [0.4, 0.5) is 5.69 Å². The minimum Gasteiger partial charge on any atom is -0.495 e. The van der Waals surface area contributed by atoms with Crippen LogP contribution in [0.1, 0.15) is 29.9 Å². The molecule has 1 aromatic heterocycles. The first-order chi connectivity index (χ1) is 9.85. The van der Waals surface area contributed by atoms with E-state index < -0.39 is 0 Å². The molecule has 0 radical (unpaired) electrons. The average Bonchev–Trinajstić information content (AvgIpc) is 2.66. The van der Waals surface area contributed by atoms with E-state index in [9.17, 15) is 0 Å². The summed E-state index contributed by atoms with van der Waals surface area (Å²) < 4.78 is 9.18. The third kappa shape index (κ3) is 3.26. The molecule has 0 aliphatic heterocycles. The van der Waals surface area contributed by atoms with E-state index in [0.717, 1.165) is 26.1 Å². The van der Waals surface area contributed by atoms with Crippen molar-refractivity contribution < 1.29 is 4.74 Å². The highest BCUT2D eigenvalue weighted by Crippen LogP contribution is 2.36. The van der Waals surface area contributed by atoms with Crippen LogP contribution in [0.5, 0.6) is 5.75 Å². The molecule has 2 aromatic rings. The molecule has 1 atom stereocenters. The molecule has 0 amide bonds. The lowest BCUT2D eigenvalue weighted by atomic mass is 10.1. The largest absolute Gasteiger partial charge is 0.495 e. The first kappa shape index (κ1) is 16.4. The molecule has 6 heteroatoms. The molecule has 0 fully saturated rings.